The Labute approximate surface area is 200 Å². The molecule has 3 N–H and O–H groups in total. The number of anilines is 1. The summed E-state index contributed by atoms with van der Waals surface area (Å²) in [5, 5.41) is 12.4. The zero-order valence-electron chi connectivity index (χ0n) is 17.6. The van der Waals surface area contributed by atoms with Gasteiger partial charge >= 0.3 is 12.1 Å². The fourth-order valence-corrected chi connectivity index (χ4v) is 4.37. The third-order valence-corrected chi connectivity index (χ3v) is 6.24. The molecule has 1 atom stereocenters. The number of H-pyrrole nitrogens is 1. The van der Waals surface area contributed by atoms with Gasteiger partial charge in [0.25, 0.3) is 5.56 Å². The largest absolute Gasteiger partial charge is 0.490 e. The maximum atomic E-state index is 12.4. The van der Waals surface area contributed by atoms with Crippen molar-refractivity contribution >= 4 is 51.4 Å². The number of para-hydroxylation sites is 1. The van der Waals surface area contributed by atoms with E-state index < -0.39 is 12.1 Å². The number of thiophene rings is 1. The van der Waals surface area contributed by atoms with Crippen molar-refractivity contribution in [1.29, 1.82) is 0 Å². The van der Waals surface area contributed by atoms with Crippen LogP contribution in [0.25, 0.3) is 10.9 Å². The number of halogens is 4. The number of carboxylic acids is 1. The molecule has 1 unspecified atom stereocenters. The van der Waals surface area contributed by atoms with E-state index in [1.54, 1.807) is 12.1 Å². The molecule has 0 aliphatic carbocycles. The van der Waals surface area contributed by atoms with Gasteiger partial charge in [-0.05, 0) is 43.0 Å². The fourth-order valence-electron chi connectivity index (χ4n) is 3.53. The molecule has 3 aromatic rings. The van der Waals surface area contributed by atoms with Gasteiger partial charge in [-0.1, -0.05) is 23.7 Å². The van der Waals surface area contributed by atoms with Crippen molar-refractivity contribution in [2.45, 2.75) is 38.0 Å². The van der Waals surface area contributed by atoms with Crippen molar-refractivity contribution in [3.8, 4) is 0 Å². The topological polar surface area (TPSA) is 115 Å². The smallest absolute Gasteiger partial charge is 0.475 e. The van der Waals surface area contributed by atoms with Gasteiger partial charge in [-0.3, -0.25) is 14.5 Å². The summed E-state index contributed by atoms with van der Waals surface area (Å²) in [6, 6.07) is 9.24. The van der Waals surface area contributed by atoms with E-state index in [1.807, 2.05) is 23.6 Å². The Hall–Kier alpha value is -2.96. The number of fused-ring (bicyclic) bond motifs is 1. The van der Waals surface area contributed by atoms with Crippen molar-refractivity contribution in [1.82, 2.24) is 14.9 Å². The number of hydrogen-bond donors (Lipinski definition) is 3. The van der Waals surface area contributed by atoms with E-state index >= 15 is 0 Å². The number of rotatable bonds is 5. The number of carbonyl (C=O) groups excluding carboxylic acids is 1. The average molecular weight is 517 g/mol. The third kappa shape index (κ3) is 6.78. The molecule has 0 spiro atoms. The summed E-state index contributed by atoms with van der Waals surface area (Å²) >= 11 is 7.44. The zero-order valence-corrected chi connectivity index (χ0v) is 19.1. The van der Waals surface area contributed by atoms with Crippen LogP contribution >= 0.6 is 22.9 Å². The monoisotopic (exact) mass is 516 g/mol. The van der Waals surface area contributed by atoms with Gasteiger partial charge in [-0.15, -0.1) is 11.3 Å². The maximum absolute atomic E-state index is 12.4. The van der Waals surface area contributed by atoms with E-state index in [0.29, 0.717) is 39.7 Å². The van der Waals surface area contributed by atoms with Gasteiger partial charge in [0.2, 0.25) is 5.91 Å². The minimum atomic E-state index is -5.08. The van der Waals surface area contributed by atoms with Crippen LogP contribution in [0.5, 0.6) is 0 Å². The molecular formula is C21H20ClF3N4O4S. The van der Waals surface area contributed by atoms with Gasteiger partial charge in [0.05, 0.1) is 23.1 Å². The van der Waals surface area contributed by atoms with Crippen molar-refractivity contribution < 1.29 is 27.9 Å². The van der Waals surface area contributed by atoms with Crippen molar-refractivity contribution in [2.75, 3.05) is 11.9 Å². The number of amides is 1. The number of alkyl halides is 3. The quantitative estimate of drug-likeness (QED) is 0.466. The number of aliphatic carboxylic acids is 1. The summed E-state index contributed by atoms with van der Waals surface area (Å²) < 4.78 is 32.3. The highest BCUT2D eigenvalue weighted by Gasteiger charge is 2.38. The molecule has 0 radical (unpaired) electrons. The summed E-state index contributed by atoms with van der Waals surface area (Å²) in [6.07, 6.45) is -2.72. The van der Waals surface area contributed by atoms with E-state index in [0.717, 1.165) is 19.4 Å². The molecule has 182 valence electrons. The van der Waals surface area contributed by atoms with Crippen LogP contribution in [0, 0.1) is 0 Å². The van der Waals surface area contributed by atoms with Gasteiger partial charge in [0, 0.05) is 12.5 Å². The third-order valence-electron chi connectivity index (χ3n) is 5.07. The standard InChI is InChI=1S/C19H19ClN4O2S.C2HF3O2/c20-18-15(7-9-27-18)22-17(25)10-12-4-3-8-24(12)11-16-21-14-6-2-1-5-13(14)19(26)23-16;3-2(4,5)1(6)7/h1-2,5-7,9,12H,3-4,8,10-11H2,(H,22,25)(H,21,23,26);(H,6,7). The lowest BCUT2D eigenvalue weighted by molar-refractivity contribution is -0.192. The Kier molecular flexibility index (Phi) is 8.28. The van der Waals surface area contributed by atoms with Crippen molar-refractivity contribution in [2.24, 2.45) is 0 Å². The van der Waals surface area contributed by atoms with Crippen molar-refractivity contribution in [3.63, 3.8) is 0 Å². The Morgan fingerprint density at radius 2 is 2.00 bits per heavy atom. The first-order chi connectivity index (χ1) is 16.0. The first kappa shape index (κ1) is 25.7. The molecule has 1 aromatic carbocycles. The van der Waals surface area contributed by atoms with E-state index in [-0.39, 0.29) is 17.5 Å². The second-order valence-corrected chi connectivity index (χ2v) is 8.98. The summed E-state index contributed by atoms with van der Waals surface area (Å²) in [6.45, 7) is 1.41. The highest BCUT2D eigenvalue weighted by atomic mass is 35.5. The Morgan fingerprint density at radius 1 is 1.29 bits per heavy atom. The normalized spacial score (nSPS) is 16.2. The Morgan fingerprint density at radius 3 is 2.65 bits per heavy atom. The van der Waals surface area contributed by atoms with Crippen LogP contribution in [0.4, 0.5) is 18.9 Å². The van der Waals surface area contributed by atoms with Crippen LogP contribution in [0.1, 0.15) is 25.1 Å². The summed E-state index contributed by atoms with van der Waals surface area (Å²) in [5.74, 6) is -2.17. The molecule has 13 heteroatoms. The lowest BCUT2D eigenvalue weighted by Crippen LogP contribution is -2.33. The molecule has 1 fully saturated rings. The molecule has 0 saturated carbocycles. The van der Waals surface area contributed by atoms with E-state index in [4.69, 9.17) is 21.5 Å². The lowest BCUT2D eigenvalue weighted by Gasteiger charge is -2.23. The number of benzene rings is 1. The maximum Gasteiger partial charge on any atom is 0.490 e. The first-order valence-electron chi connectivity index (χ1n) is 10.1. The minimum absolute atomic E-state index is 0.0489. The van der Waals surface area contributed by atoms with Gasteiger partial charge in [0.15, 0.2) is 0 Å². The second kappa shape index (κ2) is 11.0. The van der Waals surface area contributed by atoms with Crippen LogP contribution in [-0.2, 0) is 16.1 Å². The molecule has 1 saturated heterocycles. The van der Waals surface area contributed by atoms with E-state index in [1.165, 1.54) is 11.3 Å². The van der Waals surface area contributed by atoms with Gasteiger partial charge in [-0.25, -0.2) is 9.78 Å². The fraction of sp³-hybridized carbons (Fsp3) is 0.333. The number of hydrogen-bond acceptors (Lipinski definition) is 6. The Balaban J connectivity index is 0.000000406. The number of nitrogens with one attached hydrogen (secondary N) is 2. The van der Waals surface area contributed by atoms with Crippen LogP contribution in [0.15, 0.2) is 40.5 Å². The first-order valence-corrected chi connectivity index (χ1v) is 11.4. The number of carboxylic acid groups (broad SMARTS) is 1. The Bertz CT molecular complexity index is 1230. The predicted molar refractivity (Wildman–Crippen MR) is 122 cm³/mol. The molecule has 4 rings (SSSR count). The van der Waals surface area contributed by atoms with Gasteiger partial charge in [0.1, 0.15) is 10.2 Å². The number of aromatic nitrogens is 2. The molecule has 34 heavy (non-hydrogen) atoms. The summed E-state index contributed by atoms with van der Waals surface area (Å²) in [4.78, 5) is 43.2. The SMILES string of the molecule is O=C(CC1CCCN1Cc1nc2ccccc2c(=O)[nH]1)Nc1ccsc1Cl.O=C(O)C(F)(F)F. The number of likely N-dealkylation sites (tertiary alicyclic amines) is 1. The molecule has 0 bridgehead atoms. The van der Waals surface area contributed by atoms with Gasteiger partial charge < -0.3 is 15.4 Å². The summed E-state index contributed by atoms with van der Waals surface area (Å²) in [5.41, 5.74) is 1.23. The number of carbonyl (C=O) groups is 2. The molecule has 1 aliphatic heterocycles. The molecule has 3 heterocycles. The molecule has 1 aliphatic rings. The van der Waals surface area contributed by atoms with E-state index in [2.05, 4.69) is 20.2 Å². The highest BCUT2D eigenvalue weighted by Crippen LogP contribution is 2.28. The average Bonchev–Trinajstić information content (AvgIpc) is 3.36. The zero-order chi connectivity index (χ0) is 24.9. The lowest BCUT2D eigenvalue weighted by atomic mass is 10.1. The van der Waals surface area contributed by atoms with Crippen LogP contribution in [0.2, 0.25) is 4.34 Å². The molecular weight excluding hydrogens is 497 g/mol. The predicted octanol–water partition coefficient (Wildman–Crippen LogP) is 4.26. The number of aromatic amines is 1. The van der Waals surface area contributed by atoms with Crippen molar-refractivity contribution in [3.05, 3.63) is 56.2 Å². The molecule has 1 amide bonds. The second-order valence-electron chi connectivity index (χ2n) is 7.46. The van der Waals surface area contributed by atoms with Crippen LogP contribution in [-0.4, -0.2) is 50.6 Å². The van der Waals surface area contributed by atoms with Crippen LogP contribution in [0.3, 0.4) is 0 Å². The molecule has 2 aromatic heterocycles. The minimum Gasteiger partial charge on any atom is -0.475 e. The van der Waals surface area contributed by atoms with E-state index in [9.17, 15) is 22.8 Å². The summed E-state index contributed by atoms with van der Waals surface area (Å²) in [7, 11) is 0. The van der Waals surface area contributed by atoms with Gasteiger partial charge in [-0.2, -0.15) is 13.2 Å². The molecule has 8 nitrogen and oxygen atoms in total. The highest BCUT2D eigenvalue weighted by molar-refractivity contribution is 7.15. The number of nitrogens with zero attached hydrogens (tertiary/aromatic N) is 2. The van der Waals surface area contributed by atoms with Crippen LogP contribution < -0.4 is 10.9 Å².